The first-order valence-electron chi connectivity index (χ1n) is 29.7. The van der Waals surface area contributed by atoms with Crippen LogP contribution in [0.1, 0.15) is 0 Å². The largest absolute Gasteiger partial charge is 0.497 e. The van der Waals surface area contributed by atoms with E-state index in [4.69, 9.17) is 28.4 Å². The second kappa shape index (κ2) is 22.8. The lowest BCUT2D eigenvalue weighted by atomic mass is 10.1. The molecule has 0 unspecified atom stereocenters. The summed E-state index contributed by atoms with van der Waals surface area (Å²) in [5, 5.41) is 4.29. The summed E-state index contributed by atoms with van der Waals surface area (Å²) in [5.74, 6) is 4.65. The highest BCUT2D eigenvalue weighted by Crippen LogP contribution is 2.39. The van der Waals surface area contributed by atoms with Crippen LogP contribution < -0.4 is 28.4 Å². The number of benzene rings is 12. The van der Waals surface area contributed by atoms with E-state index in [0.29, 0.717) is 0 Å². The minimum absolute atomic E-state index is 0.770. The first-order chi connectivity index (χ1) is 44.3. The molecule has 12 heteroatoms. The number of nitrogens with zero attached hydrogens (tertiary/aromatic N) is 6. The van der Waals surface area contributed by atoms with Gasteiger partial charge in [-0.3, -0.25) is 0 Å². The average molecular weight is 1180 g/mol. The standard InChI is InChI=1S/C78H62N6O6/c1-85-65-31-15-55(16-32-65)79-51-7-9-52(10-8-51)80(56-17-33-66(86-2)34-18-56)63-29-45-77-73(49-63)74-50-64(30-46-78(74)84(77)60-25-41-70(90-6)42-26-60)82(58-21-37-68(88-4)38-22-58)54-13-11-53(12-14-54)81(57-19-35-67(87-3)36-20-57)62-28-44-76-72(48-62)71-47-61(79)27-43-75(71)83(76)59-23-39-69(89-5)40-24-59/h7-50H,1-6H3. The van der Waals surface area contributed by atoms with Crippen molar-refractivity contribution in [3.05, 3.63) is 267 Å². The van der Waals surface area contributed by atoms with E-state index >= 15 is 0 Å². The number of hydrogen-bond donors (Lipinski definition) is 0. The van der Waals surface area contributed by atoms with E-state index in [9.17, 15) is 0 Å². The van der Waals surface area contributed by atoms with E-state index in [1.807, 2.05) is 72.8 Å². The molecule has 18 aromatic rings. The summed E-state index contributed by atoms with van der Waals surface area (Å²) in [6.45, 7) is 0. The third kappa shape index (κ3) is 9.58. The van der Waals surface area contributed by atoms with Gasteiger partial charge in [-0.15, -0.1) is 0 Å². The maximum Gasteiger partial charge on any atom is 0.119 e. The molecule has 0 aliphatic rings. The Morgan fingerprint density at radius 1 is 0.167 bits per heavy atom. The Hall–Kier alpha value is -11.8. The van der Waals surface area contributed by atoms with Gasteiger partial charge in [0, 0.05) is 99.8 Å². The highest BCUT2D eigenvalue weighted by molar-refractivity contribution is 6.13. The van der Waals surface area contributed by atoms with Gasteiger partial charge in [0.2, 0.25) is 0 Å². The molecule has 12 nitrogen and oxygen atoms in total. The molecule has 0 N–H and O–H groups in total. The maximum absolute atomic E-state index is 5.73. The lowest BCUT2D eigenvalue weighted by Gasteiger charge is -2.15. The van der Waals surface area contributed by atoms with Crippen molar-refractivity contribution in [2.45, 2.75) is 0 Å². The molecule has 6 aromatic heterocycles. The summed E-state index contributed by atoms with van der Waals surface area (Å²) in [5.41, 5.74) is 17.9. The SMILES string of the molecule is COc1ccc(-n2c3ccc(cc3)n(-c3ccc(OC)cc3)c3ccc4c(c3)c3cc(ccc3n4-c3ccc(OC)cc3)n(-c3ccc(OC)cc3)c3ccc(cc3)n(-c3ccc(OC)cc3)c3ccc4c(c3)c3cc2ccc3n4-c2ccc(OC)cc2)cc1. The minimum atomic E-state index is 0.770. The molecule has 0 saturated heterocycles. The highest BCUT2D eigenvalue weighted by atomic mass is 16.5. The molecule has 0 atom stereocenters. The zero-order valence-electron chi connectivity index (χ0n) is 50.5. The van der Waals surface area contributed by atoms with E-state index in [1.165, 1.54) is 0 Å². The van der Waals surface area contributed by atoms with Crippen LogP contribution in [0.25, 0.3) is 122 Å². The number of hydrogen-bond acceptors (Lipinski definition) is 6. The van der Waals surface area contributed by atoms with Gasteiger partial charge in [-0.1, -0.05) is 0 Å². The topological polar surface area (TPSA) is 85.0 Å². The number of ether oxygens (including phenoxy) is 6. The molecule has 90 heavy (non-hydrogen) atoms. The molecule has 0 saturated carbocycles. The van der Waals surface area contributed by atoms with Crippen LogP contribution in [0.2, 0.25) is 0 Å². The molecule has 0 aliphatic carbocycles. The summed E-state index contributed by atoms with van der Waals surface area (Å²) in [7, 11) is 10.2. The first kappa shape index (κ1) is 54.9. The zero-order valence-corrected chi connectivity index (χ0v) is 50.5. The molecule has 12 bridgehead atoms. The second-order valence-corrected chi connectivity index (χ2v) is 22.0. The van der Waals surface area contributed by atoms with Crippen LogP contribution in [0, 0.1) is 0 Å². The predicted octanol–water partition coefficient (Wildman–Crippen LogP) is 18.5. The Balaban J connectivity index is 1.12. The third-order valence-electron chi connectivity index (χ3n) is 17.2. The fourth-order valence-corrected chi connectivity index (χ4v) is 12.8. The Bertz CT molecular complexity index is 4730. The third-order valence-corrected chi connectivity index (χ3v) is 17.2. The molecule has 0 amide bonds. The second-order valence-electron chi connectivity index (χ2n) is 22.0. The van der Waals surface area contributed by atoms with Crippen LogP contribution in [0.4, 0.5) is 0 Å². The minimum Gasteiger partial charge on any atom is -0.497 e. The summed E-state index contributed by atoms with van der Waals surface area (Å²) in [4.78, 5) is 0. The van der Waals surface area contributed by atoms with Crippen molar-refractivity contribution in [1.29, 1.82) is 0 Å². The number of rotatable bonds is 12. The maximum atomic E-state index is 5.73. The summed E-state index contributed by atoms with van der Waals surface area (Å²) in [6, 6.07) is 94.5. The van der Waals surface area contributed by atoms with Gasteiger partial charge >= 0.3 is 0 Å². The lowest BCUT2D eigenvalue weighted by molar-refractivity contribution is 0.414. The Kier molecular flexibility index (Phi) is 13.9. The van der Waals surface area contributed by atoms with Crippen LogP contribution in [-0.4, -0.2) is 70.1 Å². The van der Waals surface area contributed by atoms with Gasteiger partial charge in [0.05, 0.1) is 64.7 Å². The monoisotopic (exact) mass is 1180 g/mol. The van der Waals surface area contributed by atoms with E-state index in [0.717, 1.165) is 156 Å². The Morgan fingerprint density at radius 3 is 0.489 bits per heavy atom. The highest BCUT2D eigenvalue weighted by Gasteiger charge is 2.18. The predicted molar refractivity (Wildman–Crippen MR) is 366 cm³/mol. The molecule has 0 fully saturated rings. The van der Waals surface area contributed by atoms with E-state index in [1.54, 1.807) is 42.7 Å². The summed E-state index contributed by atoms with van der Waals surface area (Å²) >= 11 is 0. The van der Waals surface area contributed by atoms with E-state index < -0.39 is 0 Å². The quantitative estimate of drug-likeness (QED) is 0.121. The summed E-state index contributed by atoms with van der Waals surface area (Å²) < 4.78 is 48.2. The van der Waals surface area contributed by atoms with Gasteiger partial charge in [0.1, 0.15) is 34.5 Å². The zero-order chi connectivity index (χ0) is 61.0. The summed E-state index contributed by atoms with van der Waals surface area (Å²) in [6.07, 6.45) is 0. The molecule has 0 radical (unpaired) electrons. The van der Waals surface area contributed by atoms with Crippen molar-refractivity contribution in [3.63, 3.8) is 0 Å². The van der Waals surface area contributed by atoms with Gasteiger partial charge in [-0.25, -0.2) is 0 Å². The lowest BCUT2D eigenvalue weighted by Crippen LogP contribution is -1.99. The van der Waals surface area contributed by atoms with Crippen molar-refractivity contribution in [2.75, 3.05) is 42.7 Å². The normalized spacial score (nSPS) is 11.4. The van der Waals surface area contributed by atoms with Gasteiger partial charge in [0.15, 0.2) is 0 Å². The fraction of sp³-hybridized carbons (Fsp3) is 0.0769. The van der Waals surface area contributed by atoms with Crippen molar-refractivity contribution in [2.24, 2.45) is 0 Å². The smallest absolute Gasteiger partial charge is 0.119 e. The van der Waals surface area contributed by atoms with Crippen LogP contribution in [0.5, 0.6) is 34.5 Å². The first-order valence-corrected chi connectivity index (χ1v) is 29.7. The van der Waals surface area contributed by atoms with Crippen LogP contribution in [0.3, 0.4) is 0 Å². The van der Waals surface area contributed by atoms with E-state index in [-0.39, 0.29) is 0 Å². The average Bonchev–Trinajstić information content (AvgIpc) is 1.66. The number of aromatic nitrogens is 6. The Labute approximate surface area is 519 Å². The molecule has 18 rings (SSSR count). The molecule has 0 spiro atoms. The van der Waals surface area contributed by atoms with Gasteiger partial charge in [-0.05, 0) is 267 Å². The van der Waals surface area contributed by atoms with Crippen molar-refractivity contribution >= 4 is 87.7 Å². The van der Waals surface area contributed by atoms with Crippen molar-refractivity contribution < 1.29 is 28.4 Å². The molecular formula is C78H62N6O6. The van der Waals surface area contributed by atoms with Crippen LogP contribution >= 0.6 is 0 Å². The molecule has 12 aromatic carbocycles. The molecule has 6 heterocycles. The number of methoxy groups -OCH3 is 6. The van der Waals surface area contributed by atoms with Gasteiger partial charge in [0.25, 0.3) is 0 Å². The van der Waals surface area contributed by atoms with E-state index in [2.05, 4.69) is 222 Å². The van der Waals surface area contributed by atoms with Crippen LogP contribution in [-0.2, 0) is 0 Å². The Morgan fingerprint density at radius 2 is 0.322 bits per heavy atom. The van der Waals surface area contributed by atoms with Crippen LogP contribution in [0.15, 0.2) is 267 Å². The fourth-order valence-electron chi connectivity index (χ4n) is 12.8. The van der Waals surface area contributed by atoms with Crippen molar-refractivity contribution in [3.8, 4) is 68.6 Å². The van der Waals surface area contributed by atoms with Crippen molar-refractivity contribution in [1.82, 2.24) is 27.4 Å². The molecule has 440 valence electrons. The molecule has 0 aliphatic heterocycles. The molecular weight excluding hydrogens is 1120 g/mol. The van der Waals surface area contributed by atoms with Gasteiger partial charge < -0.3 is 55.8 Å². The van der Waals surface area contributed by atoms with Gasteiger partial charge in [-0.2, -0.15) is 0 Å².